The summed E-state index contributed by atoms with van der Waals surface area (Å²) in [5, 5.41) is 3.04. The minimum Gasteiger partial charge on any atom is -0.493 e. The van der Waals surface area contributed by atoms with E-state index in [1.54, 1.807) is 0 Å². The summed E-state index contributed by atoms with van der Waals surface area (Å²) in [7, 11) is 0. The first-order valence-electron chi connectivity index (χ1n) is 9.24. The zero-order valence-electron chi connectivity index (χ0n) is 15.0. The normalized spacial score (nSPS) is 15.6. The van der Waals surface area contributed by atoms with Gasteiger partial charge in [0.2, 0.25) is 0 Å². The van der Waals surface area contributed by atoms with Crippen LogP contribution in [-0.4, -0.2) is 6.61 Å². The molecular weight excluding hydrogens is 358 g/mol. The molecule has 1 N–H and O–H groups in total. The van der Waals surface area contributed by atoms with E-state index < -0.39 is 17.6 Å². The van der Waals surface area contributed by atoms with Crippen LogP contribution in [0.5, 0.6) is 5.75 Å². The van der Waals surface area contributed by atoms with E-state index in [2.05, 4.69) is 5.32 Å². The van der Waals surface area contributed by atoms with Crippen LogP contribution in [0, 0.1) is 11.7 Å². The van der Waals surface area contributed by atoms with Crippen molar-refractivity contribution in [2.75, 3.05) is 11.9 Å². The summed E-state index contributed by atoms with van der Waals surface area (Å²) in [6, 6.07) is 9.92. The second-order valence-electron chi connectivity index (χ2n) is 7.00. The van der Waals surface area contributed by atoms with Crippen molar-refractivity contribution in [2.45, 2.75) is 44.8 Å². The summed E-state index contributed by atoms with van der Waals surface area (Å²) in [4.78, 5) is 0. The zero-order valence-corrected chi connectivity index (χ0v) is 15.0. The molecule has 1 saturated carbocycles. The Balaban J connectivity index is 1.56. The third kappa shape index (κ3) is 5.62. The van der Waals surface area contributed by atoms with Crippen molar-refractivity contribution in [2.24, 2.45) is 5.92 Å². The predicted molar refractivity (Wildman–Crippen MR) is 97.2 cm³/mol. The van der Waals surface area contributed by atoms with Crippen molar-refractivity contribution >= 4 is 5.69 Å². The third-order valence-corrected chi connectivity index (χ3v) is 4.91. The average molecular weight is 381 g/mol. The Morgan fingerprint density at radius 1 is 1.00 bits per heavy atom. The number of rotatable bonds is 6. The summed E-state index contributed by atoms with van der Waals surface area (Å²) in [5.74, 6) is 0.456. The van der Waals surface area contributed by atoms with Gasteiger partial charge in [0, 0.05) is 23.9 Å². The van der Waals surface area contributed by atoms with E-state index in [1.807, 2.05) is 24.3 Å². The molecule has 0 amide bonds. The Morgan fingerprint density at radius 2 is 1.78 bits per heavy atom. The number of ether oxygens (including phenoxy) is 1. The molecule has 0 saturated heterocycles. The van der Waals surface area contributed by atoms with Gasteiger partial charge in [0.15, 0.2) is 0 Å². The van der Waals surface area contributed by atoms with Crippen molar-refractivity contribution < 1.29 is 22.3 Å². The second-order valence-corrected chi connectivity index (χ2v) is 7.00. The number of hydrogen-bond acceptors (Lipinski definition) is 2. The van der Waals surface area contributed by atoms with Crippen LogP contribution >= 0.6 is 0 Å². The molecule has 27 heavy (non-hydrogen) atoms. The number of alkyl halides is 3. The first-order valence-corrected chi connectivity index (χ1v) is 9.24. The fourth-order valence-electron chi connectivity index (χ4n) is 3.33. The van der Waals surface area contributed by atoms with Gasteiger partial charge in [0.05, 0.1) is 12.2 Å². The standard InChI is InChI=1S/C21H23F4NO/c22-20-11-17(21(23,24)25)10-9-16(20)13-26-18-7-4-8-19(12-18)27-14-15-5-2-1-3-6-15/h4,7-12,15,26H,1-3,5-6,13-14H2. The summed E-state index contributed by atoms with van der Waals surface area (Å²) in [6.07, 6.45) is 1.67. The second kappa shape index (κ2) is 8.63. The molecule has 1 aliphatic carbocycles. The van der Waals surface area contributed by atoms with Crippen LogP contribution in [0.3, 0.4) is 0 Å². The van der Waals surface area contributed by atoms with Crippen molar-refractivity contribution in [1.29, 1.82) is 0 Å². The van der Waals surface area contributed by atoms with Crippen molar-refractivity contribution in [3.05, 3.63) is 59.4 Å². The van der Waals surface area contributed by atoms with Crippen LogP contribution < -0.4 is 10.1 Å². The van der Waals surface area contributed by atoms with Gasteiger partial charge in [0.1, 0.15) is 11.6 Å². The van der Waals surface area contributed by atoms with Gasteiger partial charge in [-0.05, 0) is 43.0 Å². The maximum absolute atomic E-state index is 13.9. The maximum Gasteiger partial charge on any atom is 0.416 e. The molecule has 1 aliphatic rings. The molecule has 0 aliphatic heterocycles. The largest absolute Gasteiger partial charge is 0.493 e. The van der Waals surface area contributed by atoms with Crippen molar-refractivity contribution in [3.63, 3.8) is 0 Å². The summed E-state index contributed by atoms with van der Waals surface area (Å²) < 4.78 is 57.6. The molecule has 2 aromatic rings. The Morgan fingerprint density at radius 3 is 2.48 bits per heavy atom. The third-order valence-electron chi connectivity index (χ3n) is 4.91. The van der Waals surface area contributed by atoms with E-state index in [0.29, 0.717) is 18.6 Å². The van der Waals surface area contributed by atoms with Crippen LogP contribution in [0.2, 0.25) is 0 Å². The maximum atomic E-state index is 13.9. The van der Waals surface area contributed by atoms with Crippen LogP contribution in [0.4, 0.5) is 23.2 Å². The van der Waals surface area contributed by atoms with Crippen molar-refractivity contribution in [1.82, 2.24) is 0 Å². The first kappa shape index (κ1) is 19.5. The summed E-state index contributed by atoms with van der Waals surface area (Å²) in [5.41, 5.74) is -0.0752. The molecule has 0 heterocycles. The van der Waals surface area contributed by atoms with E-state index in [-0.39, 0.29) is 12.1 Å². The van der Waals surface area contributed by atoms with E-state index >= 15 is 0 Å². The zero-order chi connectivity index (χ0) is 19.3. The number of hydrogen-bond donors (Lipinski definition) is 1. The SMILES string of the molecule is Fc1cc(C(F)(F)F)ccc1CNc1cccc(OCC2CCCCC2)c1. The lowest BCUT2D eigenvalue weighted by molar-refractivity contribution is -0.137. The Kier molecular flexibility index (Phi) is 6.24. The highest BCUT2D eigenvalue weighted by Gasteiger charge is 2.31. The molecular formula is C21H23F4NO. The van der Waals surface area contributed by atoms with E-state index in [0.717, 1.165) is 23.6 Å². The lowest BCUT2D eigenvalue weighted by atomic mass is 9.90. The Hall–Kier alpha value is -2.24. The summed E-state index contributed by atoms with van der Waals surface area (Å²) in [6.45, 7) is 0.785. The Labute approximate surface area is 156 Å². The van der Waals surface area contributed by atoms with Gasteiger partial charge in [-0.1, -0.05) is 31.4 Å². The van der Waals surface area contributed by atoms with E-state index in [4.69, 9.17) is 4.74 Å². The van der Waals surface area contributed by atoms with Crippen LogP contribution in [-0.2, 0) is 12.7 Å². The first-order chi connectivity index (χ1) is 12.9. The molecule has 0 bridgehead atoms. The smallest absolute Gasteiger partial charge is 0.416 e. The molecule has 0 atom stereocenters. The fourth-order valence-corrected chi connectivity index (χ4v) is 3.33. The van der Waals surface area contributed by atoms with Crippen LogP contribution in [0.15, 0.2) is 42.5 Å². The van der Waals surface area contributed by atoms with E-state index in [1.165, 1.54) is 32.1 Å². The van der Waals surface area contributed by atoms with Gasteiger partial charge in [-0.15, -0.1) is 0 Å². The predicted octanol–water partition coefficient (Wildman–Crippen LogP) is 6.42. The quantitative estimate of drug-likeness (QED) is 0.583. The molecule has 3 rings (SSSR count). The van der Waals surface area contributed by atoms with Gasteiger partial charge < -0.3 is 10.1 Å². The highest BCUT2D eigenvalue weighted by molar-refractivity contribution is 5.48. The highest BCUT2D eigenvalue weighted by atomic mass is 19.4. The average Bonchev–Trinajstić information content (AvgIpc) is 2.66. The van der Waals surface area contributed by atoms with Gasteiger partial charge in [-0.3, -0.25) is 0 Å². The molecule has 6 heteroatoms. The Bertz CT molecular complexity index is 754. The molecule has 146 valence electrons. The fraction of sp³-hybridized carbons (Fsp3) is 0.429. The molecule has 2 aromatic carbocycles. The number of anilines is 1. The van der Waals surface area contributed by atoms with Crippen molar-refractivity contribution in [3.8, 4) is 5.75 Å². The lowest BCUT2D eigenvalue weighted by Crippen LogP contribution is -2.15. The molecule has 1 fully saturated rings. The minimum atomic E-state index is -4.54. The van der Waals surface area contributed by atoms with E-state index in [9.17, 15) is 17.6 Å². The number of nitrogens with one attached hydrogen (secondary N) is 1. The van der Waals surface area contributed by atoms with Crippen LogP contribution in [0.1, 0.15) is 43.2 Å². The number of halogens is 4. The minimum absolute atomic E-state index is 0.0933. The topological polar surface area (TPSA) is 21.3 Å². The molecule has 0 radical (unpaired) electrons. The van der Waals surface area contributed by atoms with Gasteiger partial charge in [0.25, 0.3) is 0 Å². The summed E-state index contributed by atoms with van der Waals surface area (Å²) >= 11 is 0. The molecule has 0 spiro atoms. The highest BCUT2D eigenvalue weighted by Crippen LogP contribution is 2.30. The van der Waals surface area contributed by atoms with Crippen LogP contribution in [0.25, 0.3) is 0 Å². The van der Waals surface area contributed by atoms with Gasteiger partial charge in [-0.2, -0.15) is 13.2 Å². The van der Waals surface area contributed by atoms with Gasteiger partial charge in [-0.25, -0.2) is 4.39 Å². The van der Waals surface area contributed by atoms with Gasteiger partial charge >= 0.3 is 6.18 Å². The molecule has 2 nitrogen and oxygen atoms in total. The monoisotopic (exact) mass is 381 g/mol. The molecule has 0 unspecified atom stereocenters. The lowest BCUT2D eigenvalue weighted by Gasteiger charge is -2.21. The molecule has 0 aromatic heterocycles. The number of benzene rings is 2.